The van der Waals surface area contributed by atoms with Crippen molar-refractivity contribution < 1.29 is 23.1 Å². The van der Waals surface area contributed by atoms with Crippen molar-refractivity contribution in [1.29, 1.82) is 5.26 Å². The van der Waals surface area contributed by atoms with Crippen molar-refractivity contribution in [2.75, 3.05) is 13.1 Å². The van der Waals surface area contributed by atoms with Crippen molar-refractivity contribution in [1.82, 2.24) is 5.32 Å². The van der Waals surface area contributed by atoms with Crippen molar-refractivity contribution in [2.45, 2.75) is 19.0 Å². The molecule has 1 fully saturated rings. The second kappa shape index (κ2) is 6.24. The molecule has 0 amide bonds. The van der Waals surface area contributed by atoms with E-state index in [1.54, 1.807) is 0 Å². The molecule has 4 nitrogen and oxygen atoms in total. The summed E-state index contributed by atoms with van der Waals surface area (Å²) in [7, 11) is 0. The number of hydrogen-bond donors (Lipinski definition) is 2. The molecule has 0 aromatic carbocycles. The van der Waals surface area contributed by atoms with Gasteiger partial charge < -0.3 is 10.4 Å². The first-order valence-electron chi connectivity index (χ1n) is 4.25. The number of carboxylic acid groups (broad SMARTS) is 1. The average molecular weight is 224 g/mol. The molecule has 1 heterocycles. The number of nitrogens with zero attached hydrogens (tertiary/aromatic N) is 1. The molecule has 1 atom stereocenters. The number of hydrogen-bond acceptors (Lipinski definition) is 3. The van der Waals surface area contributed by atoms with Crippen LogP contribution in [0, 0.1) is 17.2 Å². The molecule has 0 spiro atoms. The van der Waals surface area contributed by atoms with E-state index in [0.29, 0.717) is 5.92 Å². The summed E-state index contributed by atoms with van der Waals surface area (Å²) in [5.41, 5.74) is 0. The van der Waals surface area contributed by atoms with E-state index in [2.05, 4.69) is 11.4 Å². The Morgan fingerprint density at radius 1 is 1.60 bits per heavy atom. The molecule has 2 N–H and O–H groups in total. The molecular formula is C8H11F3N2O2. The summed E-state index contributed by atoms with van der Waals surface area (Å²) < 4.78 is 31.7. The Labute approximate surface area is 84.7 Å². The molecule has 0 aromatic heterocycles. The lowest BCUT2D eigenvalue weighted by Crippen LogP contribution is -2.21. The molecule has 1 rings (SSSR count). The van der Waals surface area contributed by atoms with Crippen molar-refractivity contribution in [3.8, 4) is 6.07 Å². The van der Waals surface area contributed by atoms with Gasteiger partial charge in [0.2, 0.25) is 0 Å². The van der Waals surface area contributed by atoms with E-state index in [-0.39, 0.29) is 0 Å². The summed E-state index contributed by atoms with van der Waals surface area (Å²) in [6.45, 7) is 2.15. The lowest BCUT2D eigenvalue weighted by atomic mass is 10.1. The maximum absolute atomic E-state index is 10.6. The summed E-state index contributed by atoms with van der Waals surface area (Å²) in [5.74, 6) is -2.12. The second-order valence-electron chi connectivity index (χ2n) is 3.02. The number of carboxylic acids is 1. The largest absolute Gasteiger partial charge is 0.490 e. The van der Waals surface area contributed by atoms with Crippen LogP contribution in [0.15, 0.2) is 0 Å². The van der Waals surface area contributed by atoms with Crippen LogP contribution < -0.4 is 5.32 Å². The third kappa shape index (κ3) is 6.74. The highest BCUT2D eigenvalue weighted by atomic mass is 19.4. The molecule has 0 aromatic rings. The maximum atomic E-state index is 10.6. The quantitative estimate of drug-likeness (QED) is 0.700. The molecule has 1 aliphatic rings. The Morgan fingerprint density at radius 2 is 2.13 bits per heavy atom. The fourth-order valence-electron chi connectivity index (χ4n) is 1.02. The van der Waals surface area contributed by atoms with Gasteiger partial charge >= 0.3 is 12.1 Å². The van der Waals surface area contributed by atoms with Gasteiger partial charge in [0.25, 0.3) is 0 Å². The van der Waals surface area contributed by atoms with E-state index in [1.807, 2.05) is 0 Å². The fraction of sp³-hybridized carbons (Fsp3) is 0.750. The zero-order valence-corrected chi connectivity index (χ0v) is 7.84. The van der Waals surface area contributed by atoms with Crippen LogP contribution in [0.25, 0.3) is 0 Å². The molecule has 1 unspecified atom stereocenters. The van der Waals surface area contributed by atoms with Gasteiger partial charge in [0, 0.05) is 6.42 Å². The maximum Gasteiger partial charge on any atom is 0.490 e. The number of halogens is 3. The predicted octanol–water partition coefficient (Wildman–Crippen LogP) is 1.14. The van der Waals surface area contributed by atoms with Crippen LogP contribution in [0.2, 0.25) is 0 Å². The first-order chi connectivity index (χ1) is 6.88. The van der Waals surface area contributed by atoms with Crippen LogP contribution in [-0.4, -0.2) is 30.3 Å². The van der Waals surface area contributed by atoms with Crippen molar-refractivity contribution in [3.63, 3.8) is 0 Å². The Balaban J connectivity index is 0.000000265. The molecule has 15 heavy (non-hydrogen) atoms. The summed E-state index contributed by atoms with van der Waals surface area (Å²) in [6, 6.07) is 2.17. The van der Waals surface area contributed by atoms with Gasteiger partial charge in [0.05, 0.1) is 6.07 Å². The minimum Gasteiger partial charge on any atom is -0.475 e. The van der Waals surface area contributed by atoms with E-state index in [4.69, 9.17) is 15.2 Å². The van der Waals surface area contributed by atoms with Crippen LogP contribution in [-0.2, 0) is 4.79 Å². The lowest BCUT2D eigenvalue weighted by molar-refractivity contribution is -0.192. The second-order valence-corrected chi connectivity index (χ2v) is 3.02. The highest BCUT2D eigenvalue weighted by molar-refractivity contribution is 5.73. The van der Waals surface area contributed by atoms with E-state index in [0.717, 1.165) is 19.5 Å². The van der Waals surface area contributed by atoms with E-state index in [1.165, 1.54) is 6.42 Å². The van der Waals surface area contributed by atoms with Crippen LogP contribution in [0.4, 0.5) is 13.2 Å². The third-order valence-corrected chi connectivity index (χ3v) is 1.78. The molecule has 1 aliphatic heterocycles. The Morgan fingerprint density at radius 3 is 2.40 bits per heavy atom. The zero-order valence-electron chi connectivity index (χ0n) is 7.84. The highest BCUT2D eigenvalue weighted by Crippen LogP contribution is 2.13. The number of nitrogens with one attached hydrogen (secondary N) is 1. The minimum atomic E-state index is -5.08. The molecule has 7 heteroatoms. The number of alkyl halides is 3. The summed E-state index contributed by atoms with van der Waals surface area (Å²) >= 11 is 0. The van der Waals surface area contributed by atoms with E-state index < -0.39 is 12.1 Å². The molecule has 0 bridgehead atoms. The summed E-state index contributed by atoms with van der Waals surface area (Å²) in [6.07, 6.45) is -3.17. The Hall–Kier alpha value is -1.29. The molecule has 0 aliphatic carbocycles. The molecular weight excluding hydrogens is 213 g/mol. The Kier molecular flexibility index (Phi) is 5.70. The van der Waals surface area contributed by atoms with Gasteiger partial charge in [-0.05, 0) is 25.4 Å². The van der Waals surface area contributed by atoms with Crippen molar-refractivity contribution in [3.05, 3.63) is 0 Å². The highest BCUT2D eigenvalue weighted by Gasteiger charge is 2.38. The average Bonchev–Trinajstić information content (AvgIpc) is 2.57. The normalized spacial score (nSPS) is 20.0. The smallest absolute Gasteiger partial charge is 0.475 e. The predicted molar refractivity (Wildman–Crippen MR) is 44.9 cm³/mol. The number of carbonyl (C=O) groups is 1. The molecule has 0 radical (unpaired) electrons. The van der Waals surface area contributed by atoms with Crippen molar-refractivity contribution >= 4 is 5.97 Å². The molecule has 86 valence electrons. The summed E-state index contributed by atoms with van der Waals surface area (Å²) in [4.78, 5) is 8.90. The van der Waals surface area contributed by atoms with Gasteiger partial charge in [-0.3, -0.25) is 0 Å². The third-order valence-electron chi connectivity index (χ3n) is 1.78. The van der Waals surface area contributed by atoms with Crippen LogP contribution in [0.1, 0.15) is 12.8 Å². The first kappa shape index (κ1) is 13.7. The van der Waals surface area contributed by atoms with Gasteiger partial charge in [-0.2, -0.15) is 18.4 Å². The fourth-order valence-corrected chi connectivity index (χ4v) is 1.02. The van der Waals surface area contributed by atoms with E-state index >= 15 is 0 Å². The lowest BCUT2D eigenvalue weighted by Gasteiger charge is -1.96. The van der Waals surface area contributed by atoms with Gasteiger partial charge in [0.15, 0.2) is 0 Å². The van der Waals surface area contributed by atoms with Gasteiger partial charge in [-0.15, -0.1) is 0 Å². The molecule has 0 saturated carbocycles. The molecule has 1 saturated heterocycles. The van der Waals surface area contributed by atoms with Crippen LogP contribution >= 0.6 is 0 Å². The van der Waals surface area contributed by atoms with Crippen molar-refractivity contribution in [2.24, 2.45) is 5.92 Å². The van der Waals surface area contributed by atoms with Crippen LogP contribution in [0.5, 0.6) is 0 Å². The Bertz CT molecular complexity index is 241. The number of rotatable bonds is 1. The topological polar surface area (TPSA) is 73.1 Å². The van der Waals surface area contributed by atoms with Gasteiger partial charge in [-0.1, -0.05) is 0 Å². The zero-order chi connectivity index (χ0) is 11.9. The SMILES string of the molecule is N#CCC1CCNC1.O=C(O)C(F)(F)F. The standard InChI is InChI=1S/C6H10N2.C2HF3O2/c7-3-1-6-2-4-8-5-6;3-2(4,5)1(6)7/h6,8H,1-2,4-5H2;(H,6,7). The van der Waals surface area contributed by atoms with Gasteiger partial charge in [0.1, 0.15) is 0 Å². The van der Waals surface area contributed by atoms with E-state index in [9.17, 15) is 13.2 Å². The number of nitriles is 1. The first-order valence-corrected chi connectivity index (χ1v) is 4.25. The number of aliphatic carboxylic acids is 1. The van der Waals surface area contributed by atoms with Crippen LogP contribution in [0.3, 0.4) is 0 Å². The minimum absolute atomic E-state index is 0.639. The van der Waals surface area contributed by atoms with Gasteiger partial charge in [-0.25, -0.2) is 4.79 Å². The summed E-state index contributed by atoms with van der Waals surface area (Å²) in [5, 5.41) is 18.6. The monoisotopic (exact) mass is 224 g/mol.